The first-order valence-corrected chi connectivity index (χ1v) is 12.8. The predicted octanol–water partition coefficient (Wildman–Crippen LogP) is 3.85. The summed E-state index contributed by atoms with van der Waals surface area (Å²) >= 11 is 0. The van der Waals surface area contributed by atoms with Crippen molar-refractivity contribution in [3.8, 4) is 6.07 Å². The number of nitriles is 1. The number of alkyl halides is 2. The van der Waals surface area contributed by atoms with Crippen LogP contribution in [0.5, 0.6) is 0 Å². The summed E-state index contributed by atoms with van der Waals surface area (Å²) in [5, 5.41) is 12.1. The smallest absolute Gasteiger partial charge is 0.318 e. The van der Waals surface area contributed by atoms with Crippen molar-refractivity contribution in [2.45, 2.75) is 75.8 Å². The number of hydrogen-bond acceptors (Lipinski definition) is 5. The van der Waals surface area contributed by atoms with E-state index in [4.69, 9.17) is 0 Å². The molecule has 7 nitrogen and oxygen atoms in total. The van der Waals surface area contributed by atoms with Gasteiger partial charge in [-0.05, 0) is 70.2 Å². The Labute approximate surface area is 204 Å². The number of urea groups is 1. The van der Waals surface area contributed by atoms with Gasteiger partial charge in [-0.3, -0.25) is 9.78 Å². The number of hydrogen-bond donors (Lipinski definition) is 1. The Bertz CT molecular complexity index is 987. The van der Waals surface area contributed by atoms with E-state index in [0.717, 1.165) is 38.2 Å². The van der Waals surface area contributed by atoms with Crippen LogP contribution in [-0.2, 0) is 10.7 Å². The van der Waals surface area contributed by atoms with E-state index < -0.39 is 23.8 Å². The molecular formula is C26H33F2N5O2. The van der Waals surface area contributed by atoms with Crippen molar-refractivity contribution in [2.75, 3.05) is 26.2 Å². The third-order valence-electron chi connectivity index (χ3n) is 8.38. The average Bonchev–Trinajstić information content (AvgIpc) is 3.76. The molecule has 2 saturated heterocycles. The van der Waals surface area contributed by atoms with Gasteiger partial charge in [-0.1, -0.05) is 0 Å². The molecule has 2 aliphatic carbocycles. The van der Waals surface area contributed by atoms with Gasteiger partial charge in [0.05, 0.1) is 17.5 Å². The van der Waals surface area contributed by atoms with Gasteiger partial charge < -0.3 is 15.1 Å². The van der Waals surface area contributed by atoms with Crippen LogP contribution in [-0.4, -0.2) is 64.9 Å². The van der Waals surface area contributed by atoms with Gasteiger partial charge in [0.1, 0.15) is 0 Å². The number of likely N-dealkylation sites (tertiary alicyclic amines) is 2. The first-order valence-electron chi connectivity index (χ1n) is 12.8. The maximum Gasteiger partial charge on any atom is 0.318 e. The summed E-state index contributed by atoms with van der Waals surface area (Å²) < 4.78 is 29.5. The fraction of sp³-hybridized carbons (Fsp3) is 0.692. The number of nitrogens with one attached hydrogen (secondary N) is 1. The predicted molar refractivity (Wildman–Crippen MR) is 124 cm³/mol. The Morgan fingerprint density at radius 3 is 2.51 bits per heavy atom. The van der Waals surface area contributed by atoms with Crippen molar-refractivity contribution >= 4 is 11.8 Å². The van der Waals surface area contributed by atoms with Crippen molar-refractivity contribution in [1.29, 1.82) is 5.26 Å². The minimum atomic E-state index is -3.17. The summed E-state index contributed by atoms with van der Waals surface area (Å²) in [6.07, 6.45) is 7.76. The van der Waals surface area contributed by atoms with Crippen LogP contribution in [0.1, 0.15) is 63.4 Å². The molecule has 1 aromatic heterocycles. The maximum absolute atomic E-state index is 14.8. The zero-order valence-electron chi connectivity index (χ0n) is 20.0. The lowest BCUT2D eigenvalue weighted by Crippen LogP contribution is -2.64. The molecule has 3 heterocycles. The van der Waals surface area contributed by atoms with E-state index in [9.17, 15) is 23.6 Å². The second kappa shape index (κ2) is 9.12. The first-order chi connectivity index (χ1) is 16.7. The Morgan fingerprint density at radius 1 is 1.23 bits per heavy atom. The molecule has 0 radical (unpaired) electrons. The largest absolute Gasteiger partial charge is 0.328 e. The highest BCUT2D eigenvalue weighted by Gasteiger charge is 2.49. The minimum Gasteiger partial charge on any atom is -0.328 e. The second-order valence-electron chi connectivity index (χ2n) is 11.1. The van der Waals surface area contributed by atoms with Crippen molar-refractivity contribution in [2.24, 2.45) is 10.8 Å². The Hall–Kier alpha value is -2.60. The van der Waals surface area contributed by atoms with E-state index >= 15 is 0 Å². The fourth-order valence-electron chi connectivity index (χ4n) is 5.57. The van der Waals surface area contributed by atoms with Gasteiger partial charge in [-0.25, -0.2) is 13.6 Å². The number of aromatic nitrogens is 1. The van der Waals surface area contributed by atoms with Crippen LogP contribution in [0.3, 0.4) is 0 Å². The van der Waals surface area contributed by atoms with Crippen molar-refractivity contribution < 1.29 is 18.4 Å². The molecule has 0 unspecified atom stereocenters. The molecule has 4 fully saturated rings. The molecule has 5 rings (SSSR count). The summed E-state index contributed by atoms with van der Waals surface area (Å²) in [7, 11) is 0. The number of nitrogens with zero attached hydrogens (tertiary/aromatic N) is 4. The summed E-state index contributed by atoms with van der Waals surface area (Å²) in [5.41, 5.74) is -0.757. The van der Waals surface area contributed by atoms with Gasteiger partial charge in [0.25, 0.3) is 5.92 Å². The van der Waals surface area contributed by atoms with Crippen molar-refractivity contribution in [3.05, 3.63) is 30.1 Å². The van der Waals surface area contributed by atoms with E-state index in [1.165, 1.54) is 31.2 Å². The van der Waals surface area contributed by atoms with Gasteiger partial charge in [0, 0.05) is 55.3 Å². The molecule has 1 atom stereocenters. The molecule has 0 bridgehead atoms. The second-order valence-corrected chi connectivity index (χ2v) is 11.1. The number of amides is 2. The van der Waals surface area contributed by atoms with Gasteiger partial charge in [-0.2, -0.15) is 5.26 Å². The number of pyridine rings is 1. The van der Waals surface area contributed by atoms with Crippen LogP contribution in [0, 0.1) is 22.2 Å². The molecule has 2 amide bonds. The Balaban J connectivity index is 1.18. The molecule has 2 aliphatic heterocycles. The zero-order valence-corrected chi connectivity index (χ0v) is 20.0. The molecule has 4 aliphatic rings. The monoisotopic (exact) mass is 485 g/mol. The molecule has 35 heavy (non-hydrogen) atoms. The molecular weight excluding hydrogens is 452 g/mol. The number of rotatable bonds is 9. The highest BCUT2D eigenvalue weighted by atomic mass is 19.3. The minimum absolute atomic E-state index is 0.00610. The quantitative estimate of drug-likeness (QED) is 0.574. The summed E-state index contributed by atoms with van der Waals surface area (Å²) in [6, 6.07) is 4.29. The van der Waals surface area contributed by atoms with Crippen LogP contribution < -0.4 is 5.32 Å². The maximum atomic E-state index is 14.8. The van der Waals surface area contributed by atoms with Gasteiger partial charge in [0.15, 0.2) is 5.78 Å². The summed E-state index contributed by atoms with van der Waals surface area (Å²) in [5.74, 6) is -3.51. The van der Waals surface area contributed by atoms with E-state index in [1.807, 2.05) is 0 Å². The van der Waals surface area contributed by atoms with E-state index in [1.54, 1.807) is 4.90 Å². The highest BCUT2D eigenvalue weighted by Crippen LogP contribution is 2.48. The molecule has 1 N–H and O–H groups in total. The van der Waals surface area contributed by atoms with E-state index in [0.29, 0.717) is 25.9 Å². The summed E-state index contributed by atoms with van der Waals surface area (Å²) in [6.45, 7) is 3.43. The molecule has 0 aromatic carbocycles. The Kier molecular flexibility index (Phi) is 6.28. The third kappa shape index (κ3) is 5.32. The number of ketones is 1. The van der Waals surface area contributed by atoms with Crippen LogP contribution in [0.4, 0.5) is 13.6 Å². The van der Waals surface area contributed by atoms with Crippen LogP contribution >= 0.6 is 0 Å². The first kappa shape index (κ1) is 24.1. The van der Waals surface area contributed by atoms with Crippen molar-refractivity contribution in [1.82, 2.24) is 20.1 Å². The molecule has 2 saturated carbocycles. The van der Waals surface area contributed by atoms with E-state index in [-0.39, 0.29) is 35.6 Å². The molecule has 1 aromatic rings. The molecule has 9 heteroatoms. The van der Waals surface area contributed by atoms with Crippen LogP contribution in [0.15, 0.2) is 24.5 Å². The SMILES string of the molecule is N#CC1(CC(=O)[C@H](CCC(F)(F)c2cccnc2)NC(=O)N2CC3(CCN(C4CC4)CC3)C2)CC1. The number of Topliss-reactive ketones (excluding diaryl/α,β-unsaturated/α-hetero) is 1. The van der Waals surface area contributed by atoms with Gasteiger partial charge >= 0.3 is 6.03 Å². The zero-order chi connectivity index (χ0) is 24.7. The number of piperidine rings is 1. The van der Waals surface area contributed by atoms with Crippen molar-refractivity contribution in [3.63, 3.8) is 0 Å². The summed E-state index contributed by atoms with van der Waals surface area (Å²) in [4.78, 5) is 34.0. The number of carbonyl (C=O) groups is 2. The normalized spacial score (nSPS) is 23.7. The van der Waals surface area contributed by atoms with E-state index in [2.05, 4.69) is 21.3 Å². The lowest BCUT2D eigenvalue weighted by Gasteiger charge is -2.54. The topological polar surface area (TPSA) is 89.3 Å². The lowest BCUT2D eigenvalue weighted by molar-refractivity contribution is -0.122. The average molecular weight is 486 g/mol. The lowest BCUT2D eigenvalue weighted by atomic mass is 9.72. The third-order valence-corrected chi connectivity index (χ3v) is 8.38. The molecule has 188 valence electrons. The standard InChI is InChI=1S/C26H33F2N5O2/c27-26(28,19-2-1-11-30-15-19)6-5-21(22(34)14-24(16-29)7-8-24)31-23(35)33-17-25(18-33)9-12-32(13-10-25)20-3-4-20/h1-2,11,15,20-21H,3-10,12-14,17-18H2,(H,31,35)/t21-/m0/s1. The highest BCUT2D eigenvalue weighted by molar-refractivity contribution is 5.89. The van der Waals surface area contributed by atoms with Crippen LogP contribution in [0.25, 0.3) is 0 Å². The fourth-order valence-corrected chi connectivity index (χ4v) is 5.57. The van der Waals surface area contributed by atoms with Gasteiger partial charge in [0.2, 0.25) is 0 Å². The molecule has 1 spiro atoms. The number of carbonyl (C=O) groups excluding carboxylic acids is 2. The number of halogens is 2. The Morgan fingerprint density at radius 2 is 1.94 bits per heavy atom. The van der Waals surface area contributed by atoms with Crippen LogP contribution in [0.2, 0.25) is 0 Å². The van der Waals surface area contributed by atoms with Gasteiger partial charge in [-0.15, -0.1) is 0 Å².